The van der Waals surface area contributed by atoms with Gasteiger partial charge in [0.25, 0.3) is 0 Å². The maximum Gasteiger partial charge on any atom is 0.243 e. The summed E-state index contributed by atoms with van der Waals surface area (Å²) in [5.74, 6) is -0.599. The summed E-state index contributed by atoms with van der Waals surface area (Å²) in [5.41, 5.74) is 6.26. The van der Waals surface area contributed by atoms with Crippen molar-refractivity contribution in [2.45, 2.75) is 30.2 Å². The summed E-state index contributed by atoms with van der Waals surface area (Å²) in [7, 11) is -3.78. The van der Waals surface area contributed by atoms with Crippen molar-refractivity contribution in [2.24, 2.45) is 11.7 Å². The Bertz CT molecular complexity index is 780. The number of nitrogens with one attached hydrogen (secondary N) is 2. The van der Waals surface area contributed by atoms with E-state index in [0.717, 1.165) is 17.1 Å². The van der Waals surface area contributed by atoms with E-state index in [4.69, 9.17) is 5.73 Å². The van der Waals surface area contributed by atoms with Crippen LogP contribution in [-0.4, -0.2) is 50.2 Å². The number of hydrogen-bond acceptors (Lipinski definition) is 5. The lowest BCUT2D eigenvalue weighted by Gasteiger charge is -2.26. The fourth-order valence-corrected chi connectivity index (χ4v) is 4.65. The second kappa shape index (κ2) is 7.11. The van der Waals surface area contributed by atoms with Crippen molar-refractivity contribution >= 4 is 27.5 Å². The molecule has 3 rings (SSSR count). The molecule has 0 aromatic heterocycles. The number of rotatable bonds is 4. The first-order valence-corrected chi connectivity index (χ1v) is 9.73. The Morgan fingerprint density at radius 2 is 2.12 bits per heavy atom. The molecule has 136 valence electrons. The van der Waals surface area contributed by atoms with Gasteiger partial charge in [-0.25, -0.2) is 8.42 Å². The molecule has 8 nitrogen and oxygen atoms in total. The van der Waals surface area contributed by atoms with E-state index in [1.807, 2.05) is 0 Å². The molecule has 1 saturated heterocycles. The van der Waals surface area contributed by atoms with Gasteiger partial charge in [-0.3, -0.25) is 9.59 Å². The van der Waals surface area contributed by atoms with Gasteiger partial charge < -0.3 is 16.4 Å². The van der Waals surface area contributed by atoms with Crippen molar-refractivity contribution < 1.29 is 18.0 Å². The normalized spacial score (nSPS) is 24.8. The topological polar surface area (TPSA) is 122 Å². The fourth-order valence-electron chi connectivity index (χ4n) is 3.20. The van der Waals surface area contributed by atoms with E-state index in [1.165, 1.54) is 12.1 Å². The Hall–Kier alpha value is -1.97. The van der Waals surface area contributed by atoms with Crippen molar-refractivity contribution in [2.75, 3.05) is 25.0 Å². The summed E-state index contributed by atoms with van der Waals surface area (Å²) < 4.78 is 26.5. The molecule has 2 amide bonds. The molecule has 1 aromatic carbocycles. The van der Waals surface area contributed by atoms with Crippen LogP contribution in [0.2, 0.25) is 0 Å². The minimum atomic E-state index is -3.78. The molecule has 25 heavy (non-hydrogen) atoms. The van der Waals surface area contributed by atoms with Gasteiger partial charge in [-0.05, 0) is 37.5 Å². The maximum atomic E-state index is 12.7. The zero-order valence-corrected chi connectivity index (χ0v) is 14.6. The zero-order valence-electron chi connectivity index (χ0n) is 13.8. The van der Waals surface area contributed by atoms with Crippen LogP contribution in [0.5, 0.6) is 0 Å². The van der Waals surface area contributed by atoms with Gasteiger partial charge in [0.2, 0.25) is 21.8 Å². The first kappa shape index (κ1) is 17.8. The molecule has 2 unspecified atom stereocenters. The van der Waals surface area contributed by atoms with Crippen LogP contribution in [0.3, 0.4) is 0 Å². The Balaban J connectivity index is 1.74. The van der Waals surface area contributed by atoms with E-state index >= 15 is 0 Å². The number of carbonyl (C=O) groups is 2. The highest BCUT2D eigenvalue weighted by Gasteiger charge is 2.30. The van der Waals surface area contributed by atoms with E-state index in [-0.39, 0.29) is 48.3 Å². The van der Waals surface area contributed by atoms with Gasteiger partial charge >= 0.3 is 0 Å². The SMILES string of the molecule is NC1CCC(C(=O)Nc2cccc(S(=O)(=O)N3CCNC(=O)C3)c2)C1. The molecular formula is C16H22N4O4S. The number of benzene rings is 1. The number of nitrogens with zero attached hydrogens (tertiary/aromatic N) is 1. The average Bonchev–Trinajstić information content (AvgIpc) is 3.02. The third-order valence-corrected chi connectivity index (χ3v) is 6.43. The summed E-state index contributed by atoms with van der Waals surface area (Å²) in [6.07, 6.45) is 2.21. The lowest BCUT2D eigenvalue weighted by atomic mass is 10.1. The highest BCUT2D eigenvalue weighted by atomic mass is 32.2. The first-order chi connectivity index (χ1) is 11.9. The summed E-state index contributed by atoms with van der Waals surface area (Å²) in [4.78, 5) is 23.8. The van der Waals surface area contributed by atoms with Crippen LogP contribution >= 0.6 is 0 Å². The predicted octanol–water partition coefficient (Wildman–Crippen LogP) is -0.127. The van der Waals surface area contributed by atoms with Gasteiger partial charge in [-0.2, -0.15) is 4.31 Å². The van der Waals surface area contributed by atoms with Gasteiger partial charge in [0.15, 0.2) is 0 Å². The second-order valence-electron chi connectivity index (χ2n) is 6.48. The molecule has 2 aliphatic rings. The molecule has 0 bridgehead atoms. The average molecular weight is 366 g/mol. The Kier molecular flexibility index (Phi) is 5.07. The van der Waals surface area contributed by atoms with E-state index < -0.39 is 10.0 Å². The van der Waals surface area contributed by atoms with Crippen molar-refractivity contribution in [3.8, 4) is 0 Å². The van der Waals surface area contributed by atoms with E-state index in [2.05, 4.69) is 10.6 Å². The van der Waals surface area contributed by atoms with Crippen molar-refractivity contribution in [3.63, 3.8) is 0 Å². The molecule has 0 radical (unpaired) electrons. The Labute approximate surface area is 146 Å². The first-order valence-electron chi connectivity index (χ1n) is 8.29. The van der Waals surface area contributed by atoms with Crippen LogP contribution < -0.4 is 16.4 Å². The molecule has 1 aromatic rings. The fraction of sp³-hybridized carbons (Fsp3) is 0.500. The lowest BCUT2D eigenvalue weighted by molar-refractivity contribution is -0.122. The molecule has 1 aliphatic heterocycles. The van der Waals surface area contributed by atoms with Gasteiger partial charge in [0, 0.05) is 30.7 Å². The standard InChI is InChI=1S/C16H22N4O4S/c17-12-5-4-11(8-12)16(22)19-13-2-1-3-14(9-13)25(23,24)20-7-6-18-15(21)10-20/h1-3,9,11-12H,4-8,10,17H2,(H,18,21)(H,19,22). The lowest BCUT2D eigenvalue weighted by Crippen LogP contribution is -2.49. The summed E-state index contributed by atoms with van der Waals surface area (Å²) >= 11 is 0. The summed E-state index contributed by atoms with van der Waals surface area (Å²) in [5, 5.41) is 5.37. The van der Waals surface area contributed by atoms with E-state index in [0.29, 0.717) is 12.1 Å². The van der Waals surface area contributed by atoms with Crippen LogP contribution in [0.25, 0.3) is 0 Å². The molecule has 1 heterocycles. The highest BCUT2D eigenvalue weighted by Crippen LogP contribution is 2.26. The quantitative estimate of drug-likeness (QED) is 0.685. The number of nitrogens with two attached hydrogens (primary N) is 1. The smallest absolute Gasteiger partial charge is 0.243 e. The molecule has 2 fully saturated rings. The maximum absolute atomic E-state index is 12.7. The molecular weight excluding hydrogens is 344 g/mol. The van der Waals surface area contributed by atoms with E-state index in [1.54, 1.807) is 12.1 Å². The number of carbonyl (C=O) groups excluding carboxylic acids is 2. The number of amides is 2. The second-order valence-corrected chi connectivity index (χ2v) is 8.41. The molecule has 9 heteroatoms. The van der Waals surface area contributed by atoms with Crippen LogP contribution in [0.4, 0.5) is 5.69 Å². The predicted molar refractivity (Wildman–Crippen MR) is 92.2 cm³/mol. The Morgan fingerprint density at radius 1 is 1.32 bits per heavy atom. The van der Waals surface area contributed by atoms with Crippen molar-refractivity contribution in [1.82, 2.24) is 9.62 Å². The number of hydrogen-bond donors (Lipinski definition) is 3. The third-order valence-electron chi connectivity index (χ3n) is 4.59. The number of anilines is 1. The van der Waals surface area contributed by atoms with E-state index in [9.17, 15) is 18.0 Å². The highest BCUT2D eigenvalue weighted by molar-refractivity contribution is 7.89. The number of sulfonamides is 1. The van der Waals surface area contributed by atoms with Crippen molar-refractivity contribution in [3.05, 3.63) is 24.3 Å². The monoisotopic (exact) mass is 366 g/mol. The van der Waals surface area contributed by atoms with Gasteiger partial charge in [-0.1, -0.05) is 6.07 Å². The van der Waals surface area contributed by atoms with Crippen molar-refractivity contribution in [1.29, 1.82) is 0 Å². The van der Waals surface area contributed by atoms with Crippen LogP contribution in [-0.2, 0) is 19.6 Å². The van der Waals surface area contributed by atoms with Gasteiger partial charge in [0.1, 0.15) is 0 Å². The van der Waals surface area contributed by atoms with Crippen LogP contribution in [0.15, 0.2) is 29.2 Å². The molecule has 1 aliphatic carbocycles. The molecule has 0 spiro atoms. The molecule has 1 saturated carbocycles. The molecule has 2 atom stereocenters. The minimum Gasteiger partial charge on any atom is -0.354 e. The summed E-state index contributed by atoms with van der Waals surface area (Å²) in [6, 6.07) is 6.16. The summed E-state index contributed by atoms with van der Waals surface area (Å²) in [6.45, 7) is 0.319. The Morgan fingerprint density at radius 3 is 2.80 bits per heavy atom. The largest absolute Gasteiger partial charge is 0.354 e. The van der Waals surface area contributed by atoms with Crippen LogP contribution in [0.1, 0.15) is 19.3 Å². The zero-order chi connectivity index (χ0) is 18.0. The van der Waals surface area contributed by atoms with Gasteiger partial charge in [0.05, 0.1) is 11.4 Å². The third kappa shape index (κ3) is 4.00. The molecule has 4 N–H and O–H groups in total. The van der Waals surface area contributed by atoms with Gasteiger partial charge in [-0.15, -0.1) is 0 Å². The van der Waals surface area contributed by atoms with Crippen LogP contribution in [0, 0.1) is 5.92 Å². The number of piperazine rings is 1. The minimum absolute atomic E-state index is 0.0488.